The number of anilines is 3. The van der Waals surface area contributed by atoms with Crippen LogP contribution in [0.5, 0.6) is 5.75 Å². The van der Waals surface area contributed by atoms with Crippen LogP contribution < -0.4 is 15.4 Å². The maximum atomic E-state index is 6.15. The largest absolute Gasteiger partial charge is 0.491 e. The first-order valence-electron chi connectivity index (χ1n) is 6.30. The number of nitrogens with two attached hydrogens (primary N) is 1. The van der Waals surface area contributed by atoms with Crippen molar-refractivity contribution in [1.29, 1.82) is 0 Å². The first-order valence-corrected chi connectivity index (χ1v) is 7.09. The number of nitrogen functional groups attached to an aromatic ring is 1. The van der Waals surface area contributed by atoms with Crippen molar-refractivity contribution in [3.63, 3.8) is 0 Å². The molecule has 2 N–H and O–H groups in total. The van der Waals surface area contributed by atoms with Gasteiger partial charge in [0.1, 0.15) is 5.75 Å². The summed E-state index contributed by atoms with van der Waals surface area (Å²) < 4.78 is 6.77. The topological polar surface area (TPSA) is 38.5 Å². The van der Waals surface area contributed by atoms with Crippen LogP contribution in [-0.2, 0) is 0 Å². The fraction of sp³-hybridized carbons (Fsp3) is 0.200. The van der Waals surface area contributed by atoms with Gasteiger partial charge in [0.15, 0.2) is 0 Å². The molecule has 19 heavy (non-hydrogen) atoms. The molecule has 0 aliphatic carbocycles. The summed E-state index contributed by atoms with van der Waals surface area (Å²) in [6, 6.07) is 14.1. The van der Waals surface area contributed by atoms with Crippen LogP contribution in [0.25, 0.3) is 0 Å². The molecule has 4 heteroatoms. The van der Waals surface area contributed by atoms with Crippen molar-refractivity contribution in [2.24, 2.45) is 0 Å². The minimum atomic E-state index is 0.740. The highest BCUT2D eigenvalue weighted by molar-refractivity contribution is 9.10. The second-order valence-electron chi connectivity index (χ2n) is 4.52. The smallest absolute Gasteiger partial charge is 0.142 e. The van der Waals surface area contributed by atoms with Crippen LogP contribution in [0.15, 0.2) is 46.9 Å². The zero-order valence-electron chi connectivity index (χ0n) is 10.5. The predicted molar refractivity (Wildman–Crippen MR) is 82.1 cm³/mol. The molecule has 0 amide bonds. The fourth-order valence-electron chi connectivity index (χ4n) is 2.35. The second kappa shape index (κ2) is 5.13. The highest BCUT2D eigenvalue weighted by atomic mass is 79.9. The zero-order valence-corrected chi connectivity index (χ0v) is 12.1. The van der Waals surface area contributed by atoms with Crippen molar-refractivity contribution in [1.82, 2.24) is 0 Å². The molecule has 2 aromatic carbocycles. The molecule has 3 rings (SSSR count). The van der Waals surface area contributed by atoms with E-state index in [1.165, 1.54) is 0 Å². The van der Waals surface area contributed by atoms with Crippen LogP contribution in [-0.4, -0.2) is 13.2 Å². The van der Waals surface area contributed by atoms with Gasteiger partial charge in [-0.1, -0.05) is 28.1 Å². The normalized spacial score (nSPS) is 14.5. The van der Waals surface area contributed by atoms with Gasteiger partial charge in [-0.15, -0.1) is 0 Å². The third kappa shape index (κ3) is 2.40. The van der Waals surface area contributed by atoms with Gasteiger partial charge in [0.25, 0.3) is 0 Å². The Morgan fingerprint density at radius 3 is 2.79 bits per heavy atom. The van der Waals surface area contributed by atoms with E-state index in [1.807, 2.05) is 36.4 Å². The maximum Gasteiger partial charge on any atom is 0.142 e. The standard InChI is InChI=1S/C15H15BrN2O/c16-11-6-7-13(12(17)10-11)18-8-3-9-19-15-5-2-1-4-14(15)18/h1-2,4-7,10H,3,8-9,17H2. The van der Waals surface area contributed by atoms with Crippen molar-refractivity contribution >= 4 is 33.0 Å². The van der Waals surface area contributed by atoms with Crippen molar-refractivity contribution < 1.29 is 4.74 Å². The first-order chi connectivity index (χ1) is 9.25. The van der Waals surface area contributed by atoms with Gasteiger partial charge >= 0.3 is 0 Å². The summed E-state index contributed by atoms with van der Waals surface area (Å²) in [7, 11) is 0. The summed E-state index contributed by atoms with van der Waals surface area (Å²) in [6.07, 6.45) is 0.976. The van der Waals surface area contributed by atoms with E-state index in [1.54, 1.807) is 0 Å². The Kier molecular flexibility index (Phi) is 3.34. The Bertz CT molecular complexity index is 600. The van der Waals surface area contributed by atoms with E-state index in [0.29, 0.717) is 0 Å². The summed E-state index contributed by atoms with van der Waals surface area (Å²) in [5.74, 6) is 0.919. The molecule has 0 saturated carbocycles. The van der Waals surface area contributed by atoms with Crippen LogP contribution in [0.3, 0.4) is 0 Å². The molecular formula is C15H15BrN2O. The number of para-hydroxylation sites is 2. The summed E-state index contributed by atoms with van der Waals surface area (Å²) in [5.41, 5.74) is 9.02. The molecule has 0 unspecified atom stereocenters. The molecule has 0 bridgehead atoms. The average molecular weight is 319 g/mol. The Morgan fingerprint density at radius 2 is 1.95 bits per heavy atom. The lowest BCUT2D eigenvalue weighted by Crippen LogP contribution is -2.18. The molecular weight excluding hydrogens is 304 g/mol. The van der Waals surface area contributed by atoms with Crippen molar-refractivity contribution in [3.05, 3.63) is 46.9 Å². The van der Waals surface area contributed by atoms with Crippen molar-refractivity contribution in [2.45, 2.75) is 6.42 Å². The lowest BCUT2D eigenvalue weighted by atomic mass is 10.2. The highest BCUT2D eigenvalue weighted by Crippen LogP contribution is 2.38. The van der Waals surface area contributed by atoms with E-state index < -0.39 is 0 Å². The van der Waals surface area contributed by atoms with E-state index in [2.05, 4.69) is 26.9 Å². The van der Waals surface area contributed by atoms with E-state index in [9.17, 15) is 0 Å². The predicted octanol–water partition coefficient (Wildman–Crippen LogP) is 3.95. The average Bonchev–Trinajstić information content (AvgIpc) is 2.61. The Hall–Kier alpha value is -1.68. The van der Waals surface area contributed by atoms with Gasteiger partial charge in [0.05, 0.1) is 23.7 Å². The zero-order chi connectivity index (χ0) is 13.2. The maximum absolute atomic E-state index is 6.15. The van der Waals surface area contributed by atoms with E-state index >= 15 is 0 Å². The van der Waals surface area contributed by atoms with Crippen LogP contribution in [0.2, 0.25) is 0 Å². The number of fused-ring (bicyclic) bond motifs is 1. The quantitative estimate of drug-likeness (QED) is 0.809. The van der Waals surface area contributed by atoms with Gasteiger partial charge in [0, 0.05) is 11.0 Å². The summed E-state index contributed by atoms with van der Waals surface area (Å²) >= 11 is 3.44. The van der Waals surface area contributed by atoms with Crippen molar-refractivity contribution in [2.75, 3.05) is 23.8 Å². The number of nitrogens with zero attached hydrogens (tertiary/aromatic N) is 1. The lowest BCUT2D eigenvalue weighted by Gasteiger charge is -2.25. The number of rotatable bonds is 1. The molecule has 0 spiro atoms. The fourth-order valence-corrected chi connectivity index (χ4v) is 2.73. The van der Waals surface area contributed by atoms with Crippen molar-refractivity contribution in [3.8, 4) is 5.75 Å². The Balaban J connectivity index is 2.09. The van der Waals surface area contributed by atoms with E-state index in [-0.39, 0.29) is 0 Å². The van der Waals surface area contributed by atoms with Crippen LogP contribution in [0, 0.1) is 0 Å². The second-order valence-corrected chi connectivity index (χ2v) is 5.44. The summed E-state index contributed by atoms with van der Waals surface area (Å²) in [4.78, 5) is 2.23. The molecule has 1 heterocycles. The van der Waals surface area contributed by atoms with Crippen LogP contribution >= 0.6 is 15.9 Å². The molecule has 0 saturated heterocycles. The van der Waals surface area contributed by atoms with Gasteiger partial charge in [-0.2, -0.15) is 0 Å². The molecule has 2 aromatic rings. The third-order valence-electron chi connectivity index (χ3n) is 3.22. The number of ether oxygens (including phenoxy) is 1. The Labute approximate surface area is 121 Å². The highest BCUT2D eigenvalue weighted by Gasteiger charge is 2.18. The van der Waals surface area contributed by atoms with Gasteiger partial charge in [-0.25, -0.2) is 0 Å². The van der Waals surface area contributed by atoms with E-state index in [4.69, 9.17) is 10.5 Å². The molecule has 1 aliphatic rings. The summed E-state index contributed by atoms with van der Waals surface area (Å²) in [5, 5.41) is 0. The van der Waals surface area contributed by atoms with Gasteiger partial charge in [-0.3, -0.25) is 0 Å². The number of hydrogen-bond donors (Lipinski definition) is 1. The molecule has 0 fully saturated rings. The number of hydrogen-bond acceptors (Lipinski definition) is 3. The molecule has 0 radical (unpaired) electrons. The minimum absolute atomic E-state index is 0.740. The monoisotopic (exact) mass is 318 g/mol. The number of benzene rings is 2. The van der Waals surface area contributed by atoms with Crippen LogP contribution in [0.4, 0.5) is 17.1 Å². The Morgan fingerprint density at radius 1 is 1.11 bits per heavy atom. The first kappa shape index (κ1) is 12.4. The van der Waals surface area contributed by atoms with Gasteiger partial charge < -0.3 is 15.4 Å². The number of halogens is 1. The lowest BCUT2D eigenvalue weighted by molar-refractivity contribution is 0.322. The molecule has 3 nitrogen and oxygen atoms in total. The molecule has 0 atom stereocenters. The van der Waals surface area contributed by atoms with Gasteiger partial charge in [0.2, 0.25) is 0 Å². The molecule has 1 aliphatic heterocycles. The summed E-state index contributed by atoms with van der Waals surface area (Å²) in [6.45, 7) is 1.65. The van der Waals surface area contributed by atoms with E-state index in [0.717, 1.165) is 46.9 Å². The molecule has 98 valence electrons. The van der Waals surface area contributed by atoms with Crippen LogP contribution in [0.1, 0.15) is 6.42 Å². The minimum Gasteiger partial charge on any atom is -0.491 e. The third-order valence-corrected chi connectivity index (χ3v) is 3.71. The molecule has 0 aromatic heterocycles. The SMILES string of the molecule is Nc1cc(Br)ccc1N1CCCOc2ccccc21. The van der Waals surface area contributed by atoms with Gasteiger partial charge in [-0.05, 0) is 36.8 Å².